The Hall–Kier alpha value is -2.41. The maximum atomic E-state index is 11.8. The number of nitro benzene ring substituents is 1. The number of hydrogen-bond donors (Lipinski definition) is 0. The molecule has 0 amide bonds. The summed E-state index contributed by atoms with van der Waals surface area (Å²) in [4.78, 5) is 33.7. The number of carbonyl (C=O) groups excluding carboxylic acids is 2. The number of hydrogen-bond acceptors (Lipinski definition) is 6. The van der Waals surface area contributed by atoms with Crippen molar-refractivity contribution < 1.29 is 24.0 Å². The Kier molecular flexibility index (Phi) is 3.69. The lowest BCUT2D eigenvalue weighted by atomic mass is 10.1. The Morgan fingerprint density at radius 3 is 2.33 bits per heavy atom. The smallest absolute Gasteiger partial charge is 0.348 e. The normalized spacial score (nSPS) is 17.0. The summed E-state index contributed by atoms with van der Waals surface area (Å²) in [6, 6.07) is 3.88. The van der Waals surface area contributed by atoms with Gasteiger partial charge in [0.2, 0.25) is 0 Å². The van der Waals surface area contributed by atoms with Gasteiger partial charge in [-0.2, -0.15) is 0 Å². The van der Waals surface area contributed by atoms with Gasteiger partial charge in [-0.1, -0.05) is 17.7 Å². The number of ether oxygens (including phenoxy) is 2. The number of cyclic esters (lactones) is 2. The minimum Gasteiger partial charge on any atom is -0.419 e. The average molecular weight is 312 g/mol. The summed E-state index contributed by atoms with van der Waals surface area (Å²) in [5, 5.41) is 10.8. The molecule has 0 unspecified atom stereocenters. The molecular weight excluding hydrogens is 302 g/mol. The van der Waals surface area contributed by atoms with Gasteiger partial charge in [-0.25, -0.2) is 9.59 Å². The molecule has 0 aliphatic carbocycles. The summed E-state index contributed by atoms with van der Waals surface area (Å²) < 4.78 is 9.84. The van der Waals surface area contributed by atoms with Gasteiger partial charge < -0.3 is 9.47 Å². The van der Waals surface area contributed by atoms with Crippen LogP contribution in [0.3, 0.4) is 0 Å². The van der Waals surface area contributed by atoms with Crippen LogP contribution in [0.5, 0.6) is 0 Å². The molecule has 110 valence electrons. The second-order valence-corrected chi connectivity index (χ2v) is 5.11. The van der Waals surface area contributed by atoms with Crippen LogP contribution in [-0.2, 0) is 19.1 Å². The van der Waals surface area contributed by atoms with Gasteiger partial charge in [0.1, 0.15) is 10.6 Å². The zero-order chi connectivity index (χ0) is 15.8. The van der Waals surface area contributed by atoms with Crippen LogP contribution in [0.4, 0.5) is 5.69 Å². The van der Waals surface area contributed by atoms with Crippen LogP contribution in [0.2, 0.25) is 5.02 Å². The van der Waals surface area contributed by atoms with Crippen molar-refractivity contribution in [2.24, 2.45) is 0 Å². The fraction of sp³-hybridized carbons (Fsp3) is 0.231. The summed E-state index contributed by atoms with van der Waals surface area (Å²) in [5.41, 5.74) is -0.412. The predicted molar refractivity (Wildman–Crippen MR) is 72.3 cm³/mol. The predicted octanol–water partition coefficient (Wildman–Crippen LogP) is 2.47. The Balaban J connectivity index is 2.40. The largest absolute Gasteiger partial charge is 0.419 e. The molecule has 0 N–H and O–H groups in total. The van der Waals surface area contributed by atoms with Gasteiger partial charge >= 0.3 is 11.9 Å². The molecule has 1 heterocycles. The first kappa shape index (κ1) is 15.0. The van der Waals surface area contributed by atoms with Crippen molar-refractivity contribution in [2.75, 3.05) is 0 Å². The lowest BCUT2D eigenvalue weighted by Gasteiger charge is -2.29. The van der Waals surface area contributed by atoms with Gasteiger partial charge in [-0.3, -0.25) is 10.1 Å². The first-order valence-electron chi connectivity index (χ1n) is 5.82. The second kappa shape index (κ2) is 5.17. The van der Waals surface area contributed by atoms with E-state index in [-0.39, 0.29) is 21.8 Å². The lowest BCUT2D eigenvalue weighted by molar-refractivity contribution is -0.384. The van der Waals surface area contributed by atoms with Gasteiger partial charge in [0.25, 0.3) is 11.5 Å². The van der Waals surface area contributed by atoms with E-state index >= 15 is 0 Å². The molecule has 1 aromatic rings. The molecule has 0 radical (unpaired) electrons. The second-order valence-electron chi connectivity index (χ2n) is 4.70. The van der Waals surface area contributed by atoms with E-state index in [0.29, 0.717) is 0 Å². The highest BCUT2D eigenvalue weighted by molar-refractivity contribution is 6.32. The highest BCUT2D eigenvalue weighted by atomic mass is 35.5. The Labute approximate surface area is 124 Å². The van der Waals surface area contributed by atoms with E-state index in [1.165, 1.54) is 26.0 Å². The number of esters is 2. The lowest BCUT2D eigenvalue weighted by Crippen LogP contribution is -2.41. The quantitative estimate of drug-likeness (QED) is 0.274. The summed E-state index contributed by atoms with van der Waals surface area (Å²) in [6.45, 7) is 2.85. The van der Waals surface area contributed by atoms with E-state index in [1.807, 2.05) is 0 Å². The molecule has 1 aliphatic rings. The van der Waals surface area contributed by atoms with E-state index in [1.54, 1.807) is 0 Å². The van der Waals surface area contributed by atoms with Crippen LogP contribution in [0.25, 0.3) is 6.08 Å². The topological polar surface area (TPSA) is 95.7 Å². The van der Waals surface area contributed by atoms with Crippen LogP contribution >= 0.6 is 11.6 Å². The van der Waals surface area contributed by atoms with E-state index in [4.69, 9.17) is 21.1 Å². The molecule has 1 aromatic carbocycles. The number of rotatable bonds is 2. The first-order chi connectivity index (χ1) is 9.69. The zero-order valence-corrected chi connectivity index (χ0v) is 11.8. The van der Waals surface area contributed by atoms with E-state index in [0.717, 1.165) is 12.1 Å². The van der Waals surface area contributed by atoms with Crippen LogP contribution in [0.1, 0.15) is 19.4 Å². The monoisotopic (exact) mass is 311 g/mol. The SMILES string of the molecule is CC1(C)OC(=O)C(=Cc2ccc(Cl)c([N+](=O)[O-])c2)C(=O)O1. The van der Waals surface area contributed by atoms with Crippen molar-refractivity contribution in [3.05, 3.63) is 44.5 Å². The third-order valence-electron chi connectivity index (χ3n) is 2.59. The Bertz CT molecular complexity index is 657. The minimum atomic E-state index is -1.34. The highest BCUT2D eigenvalue weighted by Gasteiger charge is 2.38. The van der Waals surface area contributed by atoms with Gasteiger partial charge in [-0.05, 0) is 17.7 Å². The van der Waals surface area contributed by atoms with E-state index in [2.05, 4.69) is 0 Å². The van der Waals surface area contributed by atoms with E-state index in [9.17, 15) is 19.7 Å². The number of halogens is 1. The fourth-order valence-electron chi connectivity index (χ4n) is 1.70. The molecule has 1 saturated heterocycles. The standard InChI is InChI=1S/C13H10ClNO6/c1-13(2)20-11(16)8(12(17)21-13)5-7-3-4-9(14)10(6-7)15(18)19/h3-6H,1-2H3. The maximum Gasteiger partial charge on any atom is 0.348 e. The van der Waals surface area contributed by atoms with Crippen molar-refractivity contribution in [1.82, 2.24) is 0 Å². The molecule has 0 saturated carbocycles. The Morgan fingerprint density at radius 1 is 1.24 bits per heavy atom. The van der Waals surface area contributed by atoms with Gasteiger partial charge in [0, 0.05) is 19.9 Å². The molecule has 0 atom stereocenters. The van der Waals surface area contributed by atoms with Crippen LogP contribution < -0.4 is 0 Å². The number of nitro groups is 1. The molecular formula is C13H10ClNO6. The number of carbonyl (C=O) groups is 2. The molecule has 8 heteroatoms. The summed E-state index contributed by atoms with van der Waals surface area (Å²) in [7, 11) is 0. The third-order valence-corrected chi connectivity index (χ3v) is 2.91. The Morgan fingerprint density at radius 2 is 1.81 bits per heavy atom. The molecule has 0 aromatic heterocycles. The molecule has 1 fully saturated rings. The maximum absolute atomic E-state index is 11.8. The summed E-state index contributed by atoms with van der Waals surface area (Å²) in [5.74, 6) is -3.04. The van der Waals surface area contributed by atoms with Gasteiger partial charge in [0.15, 0.2) is 0 Å². The van der Waals surface area contributed by atoms with Gasteiger partial charge in [-0.15, -0.1) is 0 Å². The van der Waals surface area contributed by atoms with Crippen molar-refractivity contribution in [3.63, 3.8) is 0 Å². The number of nitrogens with zero attached hydrogens (tertiary/aromatic N) is 1. The summed E-state index contributed by atoms with van der Waals surface area (Å²) in [6.07, 6.45) is 1.16. The molecule has 0 spiro atoms. The third kappa shape index (κ3) is 3.19. The number of benzene rings is 1. The molecule has 21 heavy (non-hydrogen) atoms. The van der Waals surface area contributed by atoms with Crippen molar-refractivity contribution in [3.8, 4) is 0 Å². The fourth-order valence-corrected chi connectivity index (χ4v) is 1.89. The summed E-state index contributed by atoms with van der Waals surface area (Å²) >= 11 is 5.68. The molecule has 1 aliphatic heterocycles. The van der Waals surface area contributed by atoms with E-state index < -0.39 is 22.6 Å². The van der Waals surface area contributed by atoms with Crippen molar-refractivity contribution in [1.29, 1.82) is 0 Å². The van der Waals surface area contributed by atoms with Crippen LogP contribution in [-0.4, -0.2) is 22.6 Å². The first-order valence-corrected chi connectivity index (χ1v) is 6.20. The van der Waals surface area contributed by atoms with Crippen LogP contribution in [0, 0.1) is 10.1 Å². The van der Waals surface area contributed by atoms with Gasteiger partial charge in [0.05, 0.1) is 4.92 Å². The minimum absolute atomic E-state index is 0.0444. The highest BCUT2D eigenvalue weighted by Crippen LogP contribution is 2.28. The average Bonchev–Trinajstić information content (AvgIpc) is 2.34. The zero-order valence-electron chi connectivity index (χ0n) is 11.1. The van der Waals surface area contributed by atoms with Crippen molar-refractivity contribution in [2.45, 2.75) is 19.6 Å². The van der Waals surface area contributed by atoms with Crippen molar-refractivity contribution >= 4 is 35.3 Å². The molecule has 0 bridgehead atoms. The molecule has 7 nitrogen and oxygen atoms in total. The van der Waals surface area contributed by atoms with Crippen LogP contribution in [0.15, 0.2) is 23.8 Å². The molecule has 2 rings (SSSR count).